The number of likely N-dealkylation sites (tertiary alicyclic amines) is 1. The molecule has 0 bridgehead atoms. The third kappa shape index (κ3) is 7.50. The third-order valence-corrected chi connectivity index (χ3v) is 12.3. The summed E-state index contributed by atoms with van der Waals surface area (Å²) >= 11 is 7.13. The summed E-state index contributed by atoms with van der Waals surface area (Å²) in [4.78, 5) is 34.4. The minimum absolute atomic E-state index is 0.00820. The van der Waals surface area contributed by atoms with Crippen molar-refractivity contribution >= 4 is 23.5 Å². The standard InChI is InChI=1S/C42H43ClF3N5O6/c1-21-30-17-33(41(53)54)51(37(21)30)20-23-16-31(42(44,45)46)40(50-39(23)56-3)57-34-14-12-26-25(6-4-7-27(26)34)28-8-5-9-29(36(28)43)32-13-10-22(38(49-32)55-2)18-47-19-24-11-15-35(52)48-24/h4-10,13,16,21,24,30,33-34,37,47H,11-12,14-15,17-20H2,1-3H3,(H,48,52)(H,53,54)/t21?,24-,30?,33-,34-,37?/m0/s1. The number of rotatable bonds is 13. The highest BCUT2D eigenvalue weighted by Gasteiger charge is 2.60. The number of nitrogens with zero attached hydrogens (tertiary/aromatic N) is 3. The van der Waals surface area contributed by atoms with Gasteiger partial charge in [0.25, 0.3) is 0 Å². The van der Waals surface area contributed by atoms with E-state index in [9.17, 15) is 27.9 Å². The van der Waals surface area contributed by atoms with E-state index in [4.69, 9.17) is 30.8 Å². The molecule has 4 heterocycles. The topological polar surface area (TPSA) is 135 Å². The van der Waals surface area contributed by atoms with E-state index in [1.54, 1.807) is 12.0 Å². The number of methoxy groups -OCH3 is 2. The van der Waals surface area contributed by atoms with Crippen molar-refractivity contribution in [1.29, 1.82) is 0 Å². The third-order valence-electron chi connectivity index (χ3n) is 11.9. The summed E-state index contributed by atoms with van der Waals surface area (Å²) in [6.07, 6.45) is -2.80. The molecule has 2 aromatic heterocycles. The first-order valence-electron chi connectivity index (χ1n) is 19.1. The Balaban J connectivity index is 1.04. The number of carbonyl (C=O) groups excluding carboxylic acids is 1. The molecule has 300 valence electrons. The zero-order chi connectivity index (χ0) is 40.2. The molecule has 4 aliphatic rings. The lowest BCUT2D eigenvalue weighted by Crippen LogP contribution is -2.39. The number of fused-ring (bicyclic) bond motifs is 2. The van der Waals surface area contributed by atoms with Gasteiger partial charge in [0.2, 0.25) is 23.5 Å². The van der Waals surface area contributed by atoms with Gasteiger partial charge in [0.05, 0.1) is 24.9 Å². The van der Waals surface area contributed by atoms with E-state index in [1.807, 2.05) is 55.5 Å². The van der Waals surface area contributed by atoms with E-state index in [1.165, 1.54) is 7.11 Å². The molecule has 8 rings (SSSR count). The van der Waals surface area contributed by atoms with Crippen LogP contribution in [0.4, 0.5) is 13.2 Å². The molecular formula is C42H43ClF3N5O6. The molecule has 2 saturated heterocycles. The summed E-state index contributed by atoms with van der Waals surface area (Å²) in [7, 11) is 2.89. The van der Waals surface area contributed by atoms with Crippen molar-refractivity contribution in [2.24, 2.45) is 11.8 Å². The van der Waals surface area contributed by atoms with Crippen LogP contribution in [0.15, 0.2) is 54.6 Å². The fourth-order valence-electron chi connectivity index (χ4n) is 8.99. The van der Waals surface area contributed by atoms with Crippen LogP contribution in [0.25, 0.3) is 22.4 Å². The number of carboxylic acid groups (broad SMARTS) is 1. The van der Waals surface area contributed by atoms with Crippen LogP contribution in [0.2, 0.25) is 5.02 Å². The number of amides is 1. The highest BCUT2D eigenvalue weighted by atomic mass is 35.5. The Labute approximate surface area is 332 Å². The molecule has 6 atom stereocenters. The van der Waals surface area contributed by atoms with Crippen molar-refractivity contribution in [2.75, 3.05) is 20.8 Å². The van der Waals surface area contributed by atoms with Gasteiger partial charge in [0, 0.05) is 60.4 Å². The Hall–Kier alpha value is -4.92. The number of nitrogens with one attached hydrogen (secondary N) is 2. The molecule has 3 fully saturated rings. The SMILES string of the molecule is COc1nc(-c2cccc(-c3cccc4c3CC[C@@H]4Oc3nc(OC)c(CN4C5C(C)C5C[C@H]4C(=O)O)cc3C(F)(F)F)c2Cl)ccc1CNC[C@@H]1CCC(=O)N1. The first kappa shape index (κ1) is 38.9. The van der Waals surface area contributed by atoms with Gasteiger partial charge in [-0.3, -0.25) is 14.5 Å². The van der Waals surface area contributed by atoms with E-state index in [-0.39, 0.29) is 47.8 Å². The van der Waals surface area contributed by atoms with Gasteiger partial charge in [0.1, 0.15) is 17.7 Å². The molecule has 15 heteroatoms. The predicted molar refractivity (Wildman–Crippen MR) is 205 cm³/mol. The van der Waals surface area contributed by atoms with Crippen molar-refractivity contribution in [3.8, 4) is 40.0 Å². The smallest absolute Gasteiger partial charge is 0.421 e. The fourth-order valence-corrected chi connectivity index (χ4v) is 9.32. The summed E-state index contributed by atoms with van der Waals surface area (Å²) in [5, 5.41) is 16.6. The van der Waals surface area contributed by atoms with E-state index in [2.05, 4.69) is 15.6 Å². The number of aliphatic carboxylic acids is 1. The maximum Gasteiger partial charge on any atom is 0.421 e. The highest BCUT2D eigenvalue weighted by molar-refractivity contribution is 6.36. The lowest BCUT2D eigenvalue weighted by molar-refractivity contribution is -0.143. The number of carbonyl (C=O) groups is 2. The molecule has 2 aromatic carbocycles. The van der Waals surface area contributed by atoms with Gasteiger partial charge >= 0.3 is 12.1 Å². The van der Waals surface area contributed by atoms with E-state index in [0.717, 1.165) is 40.3 Å². The van der Waals surface area contributed by atoms with Gasteiger partial charge in [-0.2, -0.15) is 18.2 Å². The van der Waals surface area contributed by atoms with Crippen molar-refractivity contribution in [1.82, 2.24) is 25.5 Å². The van der Waals surface area contributed by atoms with Crippen molar-refractivity contribution in [2.45, 2.75) is 82.5 Å². The number of carboxylic acids is 1. The van der Waals surface area contributed by atoms with Crippen LogP contribution in [-0.2, 0) is 35.3 Å². The van der Waals surface area contributed by atoms with Crippen molar-refractivity contribution in [3.63, 3.8) is 0 Å². The molecular weight excluding hydrogens is 763 g/mol. The molecule has 2 aliphatic carbocycles. The van der Waals surface area contributed by atoms with Crippen LogP contribution in [0.1, 0.15) is 66.5 Å². The largest absolute Gasteiger partial charge is 0.481 e. The van der Waals surface area contributed by atoms with Crippen LogP contribution in [-0.4, -0.2) is 70.7 Å². The molecule has 1 saturated carbocycles. The van der Waals surface area contributed by atoms with E-state index >= 15 is 0 Å². The summed E-state index contributed by atoms with van der Waals surface area (Å²) < 4.78 is 61.3. The number of ether oxygens (including phenoxy) is 3. The number of hydrogen-bond donors (Lipinski definition) is 3. The first-order chi connectivity index (χ1) is 27.4. The average molecular weight is 806 g/mol. The Morgan fingerprint density at radius 3 is 2.44 bits per heavy atom. The van der Waals surface area contributed by atoms with Gasteiger partial charge in [-0.1, -0.05) is 61.0 Å². The Bertz CT molecular complexity index is 2220. The number of halogens is 4. The number of alkyl halides is 3. The number of hydrogen-bond acceptors (Lipinski definition) is 9. The minimum atomic E-state index is -4.80. The molecule has 3 N–H and O–H groups in total. The quantitative estimate of drug-likeness (QED) is 0.127. The first-order valence-corrected chi connectivity index (χ1v) is 19.5. The molecule has 4 aromatic rings. The van der Waals surface area contributed by atoms with Crippen LogP contribution in [0, 0.1) is 11.8 Å². The second kappa shape index (κ2) is 15.4. The number of piperidine rings is 1. The van der Waals surface area contributed by atoms with Gasteiger partial charge in [-0.05, 0) is 66.3 Å². The van der Waals surface area contributed by atoms with Gasteiger partial charge in [-0.15, -0.1) is 0 Å². The second-order valence-electron chi connectivity index (χ2n) is 15.3. The maximum absolute atomic E-state index is 14.7. The van der Waals surface area contributed by atoms with Gasteiger partial charge < -0.3 is 30.0 Å². The molecule has 11 nitrogen and oxygen atoms in total. The van der Waals surface area contributed by atoms with Crippen LogP contribution in [0.3, 0.4) is 0 Å². The lowest BCUT2D eigenvalue weighted by atomic mass is 9.94. The summed E-state index contributed by atoms with van der Waals surface area (Å²) in [6.45, 7) is 3.12. The lowest BCUT2D eigenvalue weighted by Gasteiger charge is -2.27. The maximum atomic E-state index is 14.7. The van der Waals surface area contributed by atoms with E-state index in [0.29, 0.717) is 60.9 Å². The van der Waals surface area contributed by atoms with Gasteiger partial charge in [-0.25, -0.2) is 4.98 Å². The molecule has 2 aliphatic heterocycles. The van der Waals surface area contributed by atoms with Crippen molar-refractivity contribution < 1.29 is 42.1 Å². The highest BCUT2D eigenvalue weighted by Crippen LogP contribution is 2.54. The van der Waals surface area contributed by atoms with Crippen molar-refractivity contribution in [3.05, 3.63) is 87.4 Å². The van der Waals surface area contributed by atoms with Crippen LogP contribution in [0.5, 0.6) is 17.6 Å². The summed E-state index contributed by atoms with van der Waals surface area (Å²) in [5.41, 5.74) is 4.47. The second-order valence-corrected chi connectivity index (χ2v) is 15.6. The predicted octanol–water partition coefficient (Wildman–Crippen LogP) is 7.23. The van der Waals surface area contributed by atoms with Crippen LogP contribution < -0.4 is 24.8 Å². The number of benzene rings is 2. The molecule has 0 spiro atoms. The van der Waals surface area contributed by atoms with Gasteiger partial charge in [0.15, 0.2) is 0 Å². The Morgan fingerprint density at radius 2 is 1.72 bits per heavy atom. The average Bonchev–Trinajstić information content (AvgIpc) is 3.55. The van der Waals surface area contributed by atoms with E-state index < -0.39 is 35.7 Å². The number of pyridine rings is 2. The molecule has 1 amide bonds. The molecule has 57 heavy (non-hydrogen) atoms. The Morgan fingerprint density at radius 1 is 0.982 bits per heavy atom. The Kier molecular flexibility index (Phi) is 10.5. The minimum Gasteiger partial charge on any atom is -0.481 e. The normalized spacial score (nSPS) is 23.9. The molecule has 3 unspecified atom stereocenters. The van der Waals surface area contributed by atoms with Crippen LogP contribution >= 0.6 is 11.6 Å². The monoisotopic (exact) mass is 805 g/mol. The fraction of sp³-hybridized carbons (Fsp3) is 0.429. The summed E-state index contributed by atoms with van der Waals surface area (Å²) in [5.74, 6) is -0.634. The zero-order valence-electron chi connectivity index (χ0n) is 31.7. The zero-order valence-corrected chi connectivity index (χ0v) is 32.4. The number of aromatic nitrogens is 2. The summed E-state index contributed by atoms with van der Waals surface area (Å²) in [6, 6.07) is 15.4. The molecule has 0 radical (unpaired) electrons.